The van der Waals surface area contributed by atoms with Crippen LogP contribution in [0.1, 0.15) is 5.56 Å². The number of aromatic hydroxyl groups is 1. The number of hydrogen-bond donors (Lipinski definition) is 1. The van der Waals surface area contributed by atoms with Crippen LogP contribution in [0.25, 0.3) is 11.3 Å². The predicted octanol–water partition coefficient (Wildman–Crippen LogP) is 2.93. The molecular formula is C13H12F3N3O. The lowest BCUT2D eigenvalue weighted by molar-refractivity contribution is -0.137. The lowest BCUT2D eigenvalue weighted by Crippen LogP contribution is -2.12. The number of alkyl halides is 3. The van der Waals surface area contributed by atoms with Crippen LogP contribution < -0.4 is 4.90 Å². The van der Waals surface area contributed by atoms with Gasteiger partial charge in [0.1, 0.15) is 5.75 Å². The van der Waals surface area contributed by atoms with E-state index in [4.69, 9.17) is 0 Å². The fourth-order valence-corrected chi connectivity index (χ4v) is 1.64. The summed E-state index contributed by atoms with van der Waals surface area (Å²) < 4.78 is 37.6. The Bertz CT molecular complexity index is 626. The fraction of sp³-hybridized carbons (Fsp3) is 0.231. The van der Waals surface area contributed by atoms with Gasteiger partial charge in [0.05, 0.1) is 11.3 Å². The smallest absolute Gasteiger partial charge is 0.416 e. The fourth-order valence-electron chi connectivity index (χ4n) is 1.64. The minimum Gasteiger partial charge on any atom is -0.507 e. The zero-order valence-corrected chi connectivity index (χ0v) is 10.8. The molecule has 1 aromatic carbocycles. The van der Waals surface area contributed by atoms with Crippen molar-refractivity contribution in [3.8, 4) is 17.0 Å². The summed E-state index contributed by atoms with van der Waals surface area (Å²) in [5.74, 6) is -0.0648. The van der Waals surface area contributed by atoms with Gasteiger partial charge < -0.3 is 10.0 Å². The van der Waals surface area contributed by atoms with Crippen molar-refractivity contribution in [1.29, 1.82) is 0 Å². The van der Waals surface area contributed by atoms with Gasteiger partial charge in [-0.05, 0) is 24.3 Å². The van der Waals surface area contributed by atoms with Gasteiger partial charge in [-0.15, -0.1) is 0 Å². The minimum absolute atomic E-state index is 0.225. The summed E-state index contributed by atoms with van der Waals surface area (Å²) in [6, 6.07) is 4.31. The van der Waals surface area contributed by atoms with Crippen LogP contribution in [0, 0.1) is 0 Å². The Morgan fingerprint density at radius 3 is 2.40 bits per heavy atom. The van der Waals surface area contributed by atoms with E-state index in [1.807, 2.05) is 0 Å². The van der Waals surface area contributed by atoms with E-state index >= 15 is 0 Å². The van der Waals surface area contributed by atoms with Gasteiger partial charge in [0.15, 0.2) is 0 Å². The highest BCUT2D eigenvalue weighted by Crippen LogP contribution is 2.35. The molecule has 1 N–H and O–H groups in total. The summed E-state index contributed by atoms with van der Waals surface area (Å²) in [6.45, 7) is 0. The molecule has 0 radical (unpaired) electrons. The van der Waals surface area contributed by atoms with Crippen molar-refractivity contribution >= 4 is 5.95 Å². The first-order valence-electron chi connectivity index (χ1n) is 5.70. The topological polar surface area (TPSA) is 49.2 Å². The average Bonchev–Trinajstić information content (AvgIpc) is 2.37. The quantitative estimate of drug-likeness (QED) is 0.920. The van der Waals surface area contributed by atoms with E-state index in [1.54, 1.807) is 19.0 Å². The second-order valence-corrected chi connectivity index (χ2v) is 4.37. The van der Waals surface area contributed by atoms with E-state index in [1.165, 1.54) is 18.3 Å². The van der Waals surface area contributed by atoms with Crippen LogP contribution >= 0.6 is 0 Å². The molecular weight excluding hydrogens is 271 g/mol. The first-order valence-corrected chi connectivity index (χ1v) is 5.70. The SMILES string of the molecule is CN(C)c1nccc(-c2ccc(C(F)(F)F)cc2O)n1. The van der Waals surface area contributed by atoms with Crippen molar-refractivity contribution < 1.29 is 18.3 Å². The third-order valence-electron chi connectivity index (χ3n) is 2.64. The van der Waals surface area contributed by atoms with Crippen LogP contribution in [0.4, 0.5) is 19.1 Å². The molecule has 106 valence electrons. The molecule has 2 aromatic rings. The molecule has 0 saturated heterocycles. The molecule has 4 nitrogen and oxygen atoms in total. The number of hydrogen-bond acceptors (Lipinski definition) is 4. The molecule has 1 heterocycles. The number of anilines is 1. The van der Waals surface area contributed by atoms with E-state index in [2.05, 4.69) is 9.97 Å². The van der Waals surface area contributed by atoms with Gasteiger partial charge in [0.25, 0.3) is 0 Å². The molecule has 0 saturated carbocycles. The van der Waals surface area contributed by atoms with Gasteiger partial charge in [-0.1, -0.05) is 0 Å². The zero-order chi connectivity index (χ0) is 14.9. The molecule has 0 unspecified atom stereocenters. The molecule has 0 aliphatic rings. The normalized spacial score (nSPS) is 11.4. The van der Waals surface area contributed by atoms with Crippen LogP contribution in [0.15, 0.2) is 30.5 Å². The Morgan fingerprint density at radius 2 is 1.85 bits per heavy atom. The highest BCUT2D eigenvalue weighted by atomic mass is 19.4. The first-order chi connectivity index (χ1) is 9.29. The van der Waals surface area contributed by atoms with Crippen molar-refractivity contribution in [2.45, 2.75) is 6.18 Å². The van der Waals surface area contributed by atoms with Gasteiger partial charge >= 0.3 is 6.18 Å². The zero-order valence-electron chi connectivity index (χ0n) is 10.8. The molecule has 7 heteroatoms. The van der Waals surface area contributed by atoms with Crippen molar-refractivity contribution in [3.63, 3.8) is 0 Å². The van der Waals surface area contributed by atoms with E-state index < -0.39 is 17.5 Å². The van der Waals surface area contributed by atoms with Crippen LogP contribution in [0.3, 0.4) is 0 Å². The lowest BCUT2D eigenvalue weighted by Gasteiger charge is -2.12. The number of phenols is 1. The number of phenolic OH excluding ortho intramolecular Hbond substituents is 1. The lowest BCUT2D eigenvalue weighted by atomic mass is 10.1. The van der Waals surface area contributed by atoms with Crippen molar-refractivity contribution in [2.75, 3.05) is 19.0 Å². The maximum atomic E-state index is 12.5. The summed E-state index contributed by atoms with van der Waals surface area (Å²) in [4.78, 5) is 9.83. The van der Waals surface area contributed by atoms with E-state index in [0.717, 1.165) is 6.07 Å². The van der Waals surface area contributed by atoms with Gasteiger partial charge in [-0.25, -0.2) is 9.97 Å². The van der Waals surface area contributed by atoms with Gasteiger partial charge in [-0.2, -0.15) is 13.2 Å². The van der Waals surface area contributed by atoms with Crippen LogP contribution in [0.5, 0.6) is 5.75 Å². The molecule has 0 amide bonds. The molecule has 0 fully saturated rings. The first kappa shape index (κ1) is 14.1. The molecule has 0 aliphatic heterocycles. The number of benzene rings is 1. The summed E-state index contributed by atoms with van der Waals surface area (Å²) >= 11 is 0. The summed E-state index contributed by atoms with van der Waals surface area (Å²) in [5, 5.41) is 9.76. The molecule has 0 bridgehead atoms. The third-order valence-corrected chi connectivity index (χ3v) is 2.64. The molecule has 20 heavy (non-hydrogen) atoms. The van der Waals surface area contributed by atoms with E-state index in [9.17, 15) is 18.3 Å². The molecule has 0 aliphatic carbocycles. The highest BCUT2D eigenvalue weighted by molar-refractivity contribution is 5.68. The molecule has 0 atom stereocenters. The van der Waals surface area contributed by atoms with E-state index in [-0.39, 0.29) is 5.56 Å². The highest BCUT2D eigenvalue weighted by Gasteiger charge is 2.31. The Balaban J connectivity index is 2.46. The Hall–Kier alpha value is -2.31. The Labute approximate surface area is 113 Å². The predicted molar refractivity (Wildman–Crippen MR) is 68.5 cm³/mol. The van der Waals surface area contributed by atoms with E-state index in [0.29, 0.717) is 17.7 Å². The maximum Gasteiger partial charge on any atom is 0.416 e. The maximum absolute atomic E-state index is 12.5. The Kier molecular flexibility index (Phi) is 3.52. The number of halogens is 3. The molecule has 1 aromatic heterocycles. The second kappa shape index (κ2) is 4.99. The van der Waals surface area contributed by atoms with Crippen LogP contribution in [0.2, 0.25) is 0 Å². The number of aromatic nitrogens is 2. The average molecular weight is 283 g/mol. The second-order valence-electron chi connectivity index (χ2n) is 4.37. The van der Waals surface area contributed by atoms with Gasteiger partial charge in [-0.3, -0.25) is 0 Å². The molecule has 2 rings (SSSR count). The minimum atomic E-state index is -4.49. The number of nitrogens with zero attached hydrogens (tertiary/aromatic N) is 3. The Morgan fingerprint density at radius 1 is 1.15 bits per heavy atom. The summed E-state index contributed by atoms with van der Waals surface area (Å²) in [5.41, 5.74) is -0.320. The van der Waals surface area contributed by atoms with Gasteiger partial charge in [0.2, 0.25) is 5.95 Å². The summed E-state index contributed by atoms with van der Waals surface area (Å²) in [7, 11) is 3.48. The standard InChI is InChI=1S/C13H12F3N3O/c1-19(2)12-17-6-5-10(18-12)9-4-3-8(7-11(9)20)13(14,15)16/h3-7,20H,1-2H3. The van der Waals surface area contributed by atoms with Crippen LogP contribution in [-0.2, 0) is 6.18 Å². The van der Waals surface area contributed by atoms with Gasteiger partial charge in [0, 0.05) is 25.9 Å². The van der Waals surface area contributed by atoms with Crippen molar-refractivity contribution in [3.05, 3.63) is 36.0 Å². The third kappa shape index (κ3) is 2.81. The van der Waals surface area contributed by atoms with Crippen molar-refractivity contribution in [1.82, 2.24) is 9.97 Å². The molecule has 0 spiro atoms. The van der Waals surface area contributed by atoms with Crippen molar-refractivity contribution in [2.24, 2.45) is 0 Å². The van der Waals surface area contributed by atoms with Crippen LogP contribution in [-0.4, -0.2) is 29.2 Å². The summed E-state index contributed by atoms with van der Waals surface area (Å²) in [6.07, 6.45) is -3.01. The largest absolute Gasteiger partial charge is 0.507 e. The monoisotopic (exact) mass is 283 g/mol. The number of rotatable bonds is 2.